The summed E-state index contributed by atoms with van der Waals surface area (Å²) in [5.41, 5.74) is 3.92. The zero-order valence-electron chi connectivity index (χ0n) is 14.6. The SMILES string of the molecule is O=c1[nH]c(-c2ccc3c(ccn3Cc3ccccc3)c2)nc2ccccc12. The standard InChI is InChI=1S/C23H17N3O/c27-23-19-8-4-5-9-20(19)24-22(25-23)18-10-11-21-17(14-18)12-13-26(21)15-16-6-2-1-3-7-16/h1-14H,15H2,(H,24,25,27). The molecule has 0 atom stereocenters. The first kappa shape index (κ1) is 15.6. The summed E-state index contributed by atoms with van der Waals surface area (Å²) in [4.78, 5) is 19.9. The summed E-state index contributed by atoms with van der Waals surface area (Å²) in [6.07, 6.45) is 2.10. The lowest BCUT2D eigenvalue weighted by Gasteiger charge is -2.07. The molecule has 130 valence electrons. The van der Waals surface area contributed by atoms with Crippen molar-refractivity contribution in [3.63, 3.8) is 0 Å². The van der Waals surface area contributed by atoms with E-state index in [1.165, 1.54) is 5.56 Å². The lowest BCUT2D eigenvalue weighted by molar-refractivity contribution is 0.837. The fourth-order valence-corrected chi connectivity index (χ4v) is 3.49. The minimum Gasteiger partial charge on any atom is -0.343 e. The van der Waals surface area contributed by atoms with Gasteiger partial charge in [0.2, 0.25) is 0 Å². The highest BCUT2D eigenvalue weighted by molar-refractivity contribution is 5.86. The molecule has 0 spiro atoms. The summed E-state index contributed by atoms with van der Waals surface area (Å²) in [7, 11) is 0. The number of para-hydroxylation sites is 1. The van der Waals surface area contributed by atoms with Crippen LogP contribution in [0.15, 0.2) is 89.9 Å². The Hall–Kier alpha value is -3.66. The van der Waals surface area contributed by atoms with Crippen LogP contribution in [0.4, 0.5) is 0 Å². The van der Waals surface area contributed by atoms with Crippen LogP contribution in [-0.2, 0) is 6.54 Å². The zero-order valence-corrected chi connectivity index (χ0v) is 14.6. The summed E-state index contributed by atoms with van der Waals surface area (Å²) in [6.45, 7) is 0.828. The average Bonchev–Trinajstić information content (AvgIpc) is 3.11. The fraction of sp³-hybridized carbons (Fsp3) is 0.0435. The van der Waals surface area contributed by atoms with E-state index in [2.05, 4.69) is 63.2 Å². The van der Waals surface area contributed by atoms with Crippen LogP contribution in [0.3, 0.4) is 0 Å². The van der Waals surface area contributed by atoms with Gasteiger partial charge in [0, 0.05) is 29.2 Å². The number of benzene rings is 3. The molecule has 5 rings (SSSR count). The predicted octanol–water partition coefficient (Wildman–Crippen LogP) is 4.59. The van der Waals surface area contributed by atoms with Crippen LogP contribution in [0.2, 0.25) is 0 Å². The van der Waals surface area contributed by atoms with Crippen LogP contribution >= 0.6 is 0 Å². The molecule has 3 aromatic carbocycles. The number of H-pyrrole nitrogens is 1. The number of aromatic amines is 1. The smallest absolute Gasteiger partial charge is 0.259 e. The third-order valence-electron chi connectivity index (χ3n) is 4.85. The van der Waals surface area contributed by atoms with Gasteiger partial charge < -0.3 is 9.55 Å². The Morgan fingerprint density at radius 2 is 1.70 bits per heavy atom. The van der Waals surface area contributed by atoms with E-state index < -0.39 is 0 Å². The van der Waals surface area contributed by atoms with Crippen molar-refractivity contribution in [3.8, 4) is 11.4 Å². The molecule has 0 aliphatic heterocycles. The highest BCUT2D eigenvalue weighted by Crippen LogP contribution is 2.24. The van der Waals surface area contributed by atoms with Gasteiger partial charge in [-0.15, -0.1) is 0 Å². The van der Waals surface area contributed by atoms with Gasteiger partial charge in [0.1, 0.15) is 5.82 Å². The van der Waals surface area contributed by atoms with Crippen LogP contribution in [0.1, 0.15) is 5.56 Å². The second kappa shape index (κ2) is 6.25. The molecule has 0 saturated heterocycles. The molecule has 27 heavy (non-hydrogen) atoms. The fourth-order valence-electron chi connectivity index (χ4n) is 3.49. The molecule has 0 amide bonds. The maximum atomic E-state index is 12.3. The summed E-state index contributed by atoms with van der Waals surface area (Å²) in [6, 6.07) is 26.1. The Morgan fingerprint density at radius 3 is 2.59 bits per heavy atom. The van der Waals surface area contributed by atoms with E-state index in [4.69, 9.17) is 0 Å². The third kappa shape index (κ3) is 2.81. The van der Waals surface area contributed by atoms with Crippen molar-refractivity contribution in [1.82, 2.24) is 14.5 Å². The Kier molecular flexibility index (Phi) is 3.61. The maximum Gasteiger partial charge on any atom is 0.259 e. The number of hydrogen-bond acceptors (Lipinski definition) is 2. The maximum absolute atomic E-state index is 12.3. The molecule has 4 heteroatoms. The summed E-state index contributed by atoms with van der Waals surface area (Å²) in [5.74, 6) is 0.594. The minimum atomic E-state index is -0.114. The van der Waals surface area contributed by atoms with E-state index in [1.54, 1.807) is 6.07 Å². The third-order valence-corrected chi connectivity index (χ3v) is 4.85. The van der Waals surface area contributed by atoms with Gasteiger partial charge >= 0.3 is 0 Å². The zero-order chi connectivity index (χ0) is 18.2. The quantitative estimate of drug-likeness (QED) is 0.517. The average molecular weight is 351 g/mol. The van der Waals surface area contributed by atoms with Crippen molar-refractivity contribution < 1.29 is 0 Å². The molecule has 2 heterocycles. The van der Waals surface area contributed by atoms with Crippen LogP contribution in [-0.4, -0.2) is 14.5 Å². The number of aromatic nitrogens is 3. The first-order valence-electron chi connectivity index (χ1n) is 8.90. The van der Waals surface area contributed by atoms with Gasteiger partial charge in [-0.3, -0.25) is 4.79 Å². The van der Waals surface area contributed by atoms with Crippen LogP contribution < -0.4 is 5.56 Å². The van der Waals surface area contributed by atoms with E-state index in [9.17, 15) is 4.79 Å². The van der Waals surface area contributed by atoms with Crippen molar-refractivity contribution in [3.05, 3.63) is 101 Å². The first-order chi connectivity index (χ1) is 13.3. The van der Waals surface area contributed by atoms with E-state index in [0.717, 1.165) is 23.0 Å². The van der Waals surface area contributed by atoms with Crippen molar-refractivity contribution in [2.75, 3.05) is 0 Å². The molecule has 0 aliphatic carbocycles. The second-order valence-electron chi connectivity index (χ2n) is 6.63. The molecule has 0 bridgehead atoms. The molecule has 0 radical (unpaired) electrons. The number of hydrogen-bond donors (Lipinski definition) is 1. The number of nitrogens with one attached hydrogen (secondary N) is 1. The lowest BCUT2D eigenvalue weighted by atomic mass is 10.1. The lowest BCUT2D eigenvalue weighted by Crippen LogP contribution is -2.09. The number of fused-ring (bicyclic) bond motifs is 2. The molecule has 4 nitrogen and oxygen atoms in total. The van der Waals surface area contributed by atoms with E-state index in [0.29, 0.717) is 16.7 Å². The van der Waals surface area contributed by atoms with Crippen molar-refractivity contribution in [1.29, 1.82) is 0 Å². The summed E-state index contributed by atoms with van der Waals surface area (Å²) < 4.78 is 2.23. The highest BCUT2D eigenvalue weighted by atomic mass is 16.1. The van der Waals surface area contributed by atoms with E-state index >= 15 is 0 Å². The van der Waals surface area contributed by atoms with Crippen molar-refractivity contribution in [2.24, 2.45) is 0 Å². The molecule has 1 N–H and O–H groups in total. The first-order valence-corrected chi connectivity index (χ1v) is 8.90. The molecular formula is C23H17N3O. The molecule has 2 aromatic heterocycles. The topological polar surface area (TPSA) is 50.7 Å². The van der Waals surface area contributed by atoms with Gasteiger partial charge in [-0.1, -0.05) is 42.5 Å². The molecule has 5 aromatic rings. The molecule has 0 fully saturated rings. The van der Waals surface area contributed by atoms with Gasteiger partial charge in [-0.05, 0) is 42.0 Å². The van der Waals surface area contributed by atoms with Crippen LogP contribution in [0.25, 0.3) is 33.2 Å². The Morgan fingerprint density at radius 1 is 0.889 bits per heavy atom. The van der Waals surface area contributed by atoms with Crippen LogP contribution in [0, 0.1) is 0 Å². The number of rotatable bonds is 3. The predicted molar refractivity (Wildman–Crippen MR) is 109 cm³/mol. The largest absolute Gasteiger partial charge is 0.343 e. The van der Waals surface area contributed by atoms with E-state index in [1.807, 2.05) is 30.3 Å². The minimum absolute atomic E-state index is 0.114. The molecular weight excluding hydrogens is 334 g/mol. The Balaban J connectivity index is 1.57. The van der Waals surface area contributed by atoms with Crippen LogP contribution in [0.5, 0.6) is 0 Å². The summed E-state index contributed by atoms with van der Waals surface area (Å²) >= 11 is 0. The molecule has 0 aliphatic rings. The highest BCUT2D eigenvalue weighted by Gasteiger charge is 2.08. The monoisotopic (exact) mass is 351 g/mol. The Labute approximate surface area is 155 Å². The molecule has 0 unspecified atom stereocenters. The Bertz CT molecular complexity index is 1320. The van der Waals surface area contributed by atoms with Gasteiger partial charge in [0.05, 0.1) is 10.9 Å². The van der Waals surface area contributed by atoms with Gasteiger partial charge in [-0.2, -0.15) is 0 Å². The van der Waals surface area contributed by atoms with Crippen molar-refractivity contribution in [2.45, 2.75) is 6.54 Å². The van der Waals surface area contributed by atoms with Crippen molar-refractivity contribution >= 4 is 21.8 Å². The van der Waals surface area contributed by atoms with Gasteiger partial charge in [-0.25, -0.2) is 4.98 Å². The normalized spacial score (nSPS) is 11.3. The van der Waals surface area contributed by atoms with Gasteiger partial charge in [0.25, 0.3) is 5.56 Å². The molecule has 0 saturated carbocycles. The van der Waals surface area contributed by atoms with E-state index in [-0.39, 0.29) is 5.56 Å². The number of nitrogens with zero attached hydrogens (tertiary/aromatic N) is 2. The second-order valence-corrected chi connectivity index (χ2v) is 6.63. The summed E-state index contributed by atoms with van der Waals surface area (Å²) in [5, 5.41) is 1.73. The van der Waals surface area contributed by atoms with Gasteiger partial charge in [0.15, 0.2) is 0 Å².